The normalized spacial score (nSPS) is 29.9. The first kappa shape index (κ1) is 13.6. The Balaban J connectivity index is 1.91. The van der Waals surface area contributed by atoms with Gasteiger partial charge in [0.1, 0.15) is 0 Å². The Labute approximate surface area is 121 Å². The molecule has 1 aromatic carbocycles. The highest BCUT2D eigenvalue weighted by molar-refractivity contribution is 5.98. The van der Waals surface area contributed by atoms with Gasteiger partial charge >= 0.3 is 0 Å². The van der Waals surface area contributed by atoms with Gasteiger partial charge in [0.05, 0.1) is 5.41 Å². The summed E-state index contributed by atoms with van der Waals surface area (Å²) in [7, 11) is 0. The van der Waals surface area contributed by atoms with Crippen LogP contribution in [0.5, 0.6) is 0 Å². The number of piperidine rings is 1. The standard InChI is InChI=1S/C17H24N2O/c1-13-10-14-6-3-4-7-15(14)19(11-13)16(20)17(2)8-5-9-18-12-17/h3-4,6-7,13,18H,5,8-12H2,1-2H3. The van der Waals surface area contributed by atoms with Gasteiger partial charge in [-0.25, -0.2) is 0 Å². The molecule has 1 saturated heterocycles. The Hall–Kier alpha value is -1.35. The first-order valence-electron chi connectivity index (χ1n) is 7.71. The smallest absolute Gasteiger partial charge is 0.234 e. The summed E-state index contributed by atoms with van der Waals surface area (Å²) in [6, 6.07) is 8.37. The third kappa shape index (κ3) is 2.35. The second kappa shape index (κ2) is 5.21. The van der Waals surface area contributed by atoms with Gasteiger partial charge in [-0.3, -0.25) is 4.79 Å². The number of carbonyl (C=O) groups excluding carboxylic acids is 1. The molecular weight excluding hydrogens is 248 g/mol. The van der Waals surface area contributed by atoms with E-state index in [0.29, 0.717) is 11.8 Å². The van der Waals surface area contributed by atoms with Gasteiger partial charge in [0.2, 0.25) is 5.91 Å². The summed E-state index contributed by atoms with van der Waals surface area (Å²) in [5.41, 5.74) is 2.19. The van der Waals surface area contributed by atoms with E-state index in [4.69, 9.17) is 0 Å². The van der Waals surface area contributed by atoms with Gasteiger partial charge in [0.15, 0.2) is 0 Å². The molecule has 0 saturated carbocycles. The molecule has 2 aliphatic rings. The topological polar surface area (TPSA) is 32.3 Å². The van der Waals surface area contributed by atoms with Crippen molar-refractivity contribution < 1.29 is 4.79 Å². The van der Waals surface area contributed by atoms with Crippen molar-refractivity contribution in [2.24, 2.45) is 11.3 Å². The number of amides is 1. The minimum Gasteiger partial charge on any atom is -0.316 e. The molecule has 3 rings (SSSR count). The van der Waals surface area contributed by atoms with Gasteiger partial charge in [-0.05, 0) is 50.3 Å². The van der Waals surface area contributed by atoms with Crippen molar-refractivity contribution in [2.45, 2.75) is 33.1 Å². The summed E-state index contributed by atoms with van der Waals surface area (Å²) in [6.45, 7) is 7.04. The number of para-hydroxylation sites is 1. The zero-order chi connectivity index (χ0) is 14.2. The van der Waals surface area contributed by atoms with Gasteiger partial charge < -0.3 is 10.2 Å². The lowest BCUT2D eigenvalue weighted by Crippen LogP contribution is -2.52. The zero-order valence-corrected chi connectivity index (χ0v) is 12.5. The van der Waals surface area contributed by atoms with Gasteiger partial charge in [0, 0.05) is 18.8 Å². The average Bonchev–Trinajstić information content (AvgIpc) is 2.46. The number of nitrogens with zero attached hydrogens (tertiary/aromatic N) is 1. The van der Waals surface area contributed by atoms with E-state index in [-0.39, 0.29) is 5.41 Å². The molecule has 3 heteroatoms. The van der Waals surface area contributed by atoms with Crippen molar-refractivity contribution in [3.63, 3.8) is 0 Å². The van der Waals surface area contributed by atoms with E-state index < -0.39 is 0 Å². The lowest BCUT2D eigenvalue weighted by molar-refractivity contribution is -0.128. The first-order valence-corrected chi connectivity index (χ1v) is 7.71. The third-order valence-electron chi connectivity index (χ3n) is 4.70. The number of rotatable bonds is 1. The predicted octanol–water partition coefficient (Wildman–Crippen LogP) is 2.60. The van der Waals surface area contributed by atoms with Crippen LogP contribution < -0.4 is 10.2 Å². The van der Waals surface area contributed by atoms with E-state index in [1.54, 1.807) is 0 Å². The lowest BCUT2D eigenvalue weighted by Gasteiger charge is -2.41. The average molecular weight is 272 g/mol. The van der Waals surface area contributed by atoms with Gasteiger partial charge in [0.25, 0.3) is 0 Å². The molecule has 0 bridgehead atoms. The summed E-state index contributed by atoms with van der Waals surface area (Å²) >= 11 is 0. The van der Waals surface area contributed by atoms with Crippen molar-refractivity contribution in [2.75, 3.05) is 24.5 Å². The molecule has 3 nitrogen and oxygen atoms in total. The maximum Gasteiger partial charge on any atom is 0.234 e. The van der Waals surface area contributed by atoms with Crippen LogP contribution in [0.3, 0.4) is 0 Å². The van der Waals surface area contributed by atoms with Gasteiger partial charge in [-0.15, -0.1) is 0 Å². The quantitative estimate of drug-likeness (QED) is 0.852. The maximum absolute atomic E-state index is 13.1. The summed E-state index contributed by atoms with van der Waals surface area (Å²) < 4.78 is 0. The van der Waals surface area contributed by atoms with Crippen LogP contribution >= 0.6 is 0 Å². The molecule has 2 heterocycles. The Morgan fingerprint density at radius 1 is 1.40 bits per heavy atom. The van der Waals surface area contributed by atoms with Crippen molar-refractivity contribution in [1.29, 1.82) is 0 Å². The molecule has 0 aliphatic carbocycles. The molecule has 1 aromatic rings. The Bertz CT molecular complexity index is 505. The first-order chi connectivity index (χ1) is 9.60. The zero-order valence-electron chi connectivity index (χ0n) is 12.5. The molecule has 1 N–H and O–H groups in total. The number of hydrogen-bond acceptors (Lipinski definition) is 2. The van der Waals surface area contributed by atoms with Crippen molar-refractivity contribution in [1.82, 2.24) is 5.32 Å². The molecular formula is C17H24N2O. The fraction of sp³-hybridized carbons (Fsp3) is 0.588. The number of carbonyl (C=O) groups is 1. The highest BCUT2D eigenvalue weighted by Gasteiger charge is 2.40. The van der Waals surface area contributed by atoms with Crippen LogP contribution in [0.4, 0.5) is 5.69 Å². The Morgan fingerprint density at radius 2 is 2.20 bits per heavy atom. The molecule has 2 aliphatic heterocycles. The van der Waals surface area contributed by atoms with E-state index in [9.17, 15) is 4.79 Å². The van der Waals surface area contributed by atoms with E-state index in [0.717, 1.165) is 44.6 Å². The van der Waals surface area contributed by atoms with E-state index in [1.165, 1.54) is 5.56 Å². The number of benzene rings is 1. The predicted molar refractivity (Wildman–Crippen MR) is 81.9 cm³/mol. The van der Waals surface area contributed by atoms with Gasteiger partial charge in [-0.2, -0.15) is 0 Å². The largest absolute Gasteiger partial charge is 0.316 e. The molecule has 0 spiro atoms. The molecule has 2 unspecified atom stereocenters. The van der Waals surface area contributed by atoms with Crippen LogP contribution in [0, 0.1) is 11.3 Å². The van der Waals surface area contributed by atoms with Crippen molar-refractivity contribution in [3.8, 4) is 0 Å². The third-order valence-corrected chi connectivity index (χ3v) is 4.70. The number of hydrogen-bond donors (Lipinski definition) is 1. The monoisotopic (exact) mass is 272 g/mol. The molecule has 2 atom stereocenters. The lowest BCUT2D eigenvalue weighted by atomic mass is 9.80. The minimum atomic E-state index is -0.248. The van der Waals surface area contributed by atoms with E-state index in [2.05, 4.69) is 37.4 Å². The van der Waals surface area contributed by atoms with Crippen molar-refractivity contribution >= 4 is 11.6 Å². The summed E-state index contributed by atoms with van der Waals surface area (Å²) in [5, 5.41) is 3.38. The maximum atomic E-state index is 13.1. The summed E-state index contributed by atoms with van der Waals surface area (Å²) in [6.07, 6.45) is 3.16. The minimum absolute atomic E-state index is 0.248. The van der Waals surface area contributed by atoms with Crippen LogP contribution in [-0.2, 0) is 11.2 Å². The van der Waals surface area contributed by atoms with E-state index >= 15 is 0 Å². The number of fused-ring (bicyclic) bond motifs is 1. The van der Waals surface area contributed by atoms with Gasteiger partial charge in [-0.1, -0.05) is 25.1 Å². The highest BCUT2D eigenvalue weighted by Crippen LogP contribution is 2.35. The number of anilines is 1. The van der Waals surface area contributed by atoms with E-state index in [1.807, 2.05) is 11.0 Å². The fourth-order valence-electron chi connectivity index (χ4n) is 3.55. The van der Waals surface area contributed by atoms with Crippen LogP contribution in [0.1, 0.15) is 32.3 Å². The summed E-state index contributed by atoms with van der Waals surface area (Å²) in [5.74, 6) is 0.831. The highest BCUT2D eigenvalue weighted by atomic mass is 16.2. The molecule has 1 amide bonds. The SMILES string of the molecule is CC1Cc2ccccc2N(C(=O)C2(C)CCCNC2)C1. The second-order valence-electron chi connectivity index (χ2n) is 6.69. The van der Waals surface area contributed by atoms with Crippen LogP contribution in [0.25, 0.3) is 0 Å². The molecule has 108 valence electrons. The van der Waals surface area contributed by atoms with Crippen LogP contribution in [0.15, 0.2) is 24.3 Å². The molecule has 0 aromatic heterocycles. The summed E-state index contributed by atoms with van der Waals surface area (Å²) in [4.78, 5) is 15.1. The van der Waals surface area contributed by atoms with Crippen LogP contribution in [-0.4, -0.2) is 25.5 Å². The molecule has 0 radical (unpaired) electrons. The second-order valence-corrected chi connectivity index (χ2v) is 6.69. The molecule has 1 fully saturated rings. The fourth-order valence-corrected chi connectivity index (χ4v) is 3.55. The number of nitrogens with one attached hydrogen (secondary N) is 1. The Kier molecular flexibility index (Phi) is 3.55. The Morgan fingerprint density at radius 3 is 2.95 bits per heavy atom. The molecule has 20 heavy (non-hydrogen) atoms. The van der Waals surface area contributed by atoms with Crippen molar-refractivity contribution in [3.05, 3.63) is 29.8 Å². The van der Waals surface area contributed by atoms with Crippen LogP contribution in [0.2, 0.25) is 0 Å².